The molecular weight excluding hydrogens is 370 g/mol. The van der Waals surface area contributed by atoms with E-state index in [1.54, 1.807) is 0 Å². The number of nitrogen functional groups attached to an aromatic ring is 1. The fourth-order valence-corrected chi connectivity index (χ4v) is 3.61. The molecule has 2 N–H and O–H groups in total. The van der Waals surface area contributed by atoms with Crippen LogP contribution in [-0.4, -0.2) is 9.97 Å². The van der Waals surface area contributed by atoms with Crippen LogP contribution >= 0.6 is 38.9 Å². The Kier molecular flexibility index (Phi) is 3.97. The predicted molar refractivity (Wildman–Crippen MR) is 92.6 cm³/mol. The molecule has 0 amide bonds. The van der Waals surface area contributed by atoms with Crippen LogP contribution in [0, 0.1) is 6.92 Å². The van der Waals surface area contributed by atoms with Gasteiger partial charge in [-0.15, -0.1) is 11.3 Å². The highest BCUT2D eigenvalue weighted by atomic mass is 79.9. The first kappa shape index (κ1) is 14.5. The van der Waals surface area contributed by atoms with Crippen LogP contribution in [0.4, 0.5) is 5.82 Å². The molecule has 3 rings (SSSR count). The maximum absolute atomic E-state index is 6.09. The van der Waals surface area contributed by atoms with Gasteiger partial charge in [-0.3, -0.25) is 0 Å². The third-order valence-corrected chi connectivity index (χ3v) is 5.57. The van der Waals surface area contributed by atoms with Gasteiger partial charge in [0.15, 0.2) is 5.82 Å². The first-order chi connectivity index (χ1) is 10.1. The number of aromatic nitrogens is 2. The quantitative estimate of drug-likeness (QED) is 0.666. The highest BCUT2D eigenvalue weighted by Crippen LogP contribution is 2.38. The lowest BCUT2D eigenvalue weighted by molar-refractivity contribution is 1.16. The lowest BCUT2D eigenvalue weighted by atomic mass is 10.1. The minimum atomic E-state index is 0.486. The van der Waals surface area contributed by atoms with Gasteiger partial charge in [0.05, 0.1) is 10.6 Å². The second-order valence-electron chi connectivity index (χ2n) is 4.50. The van der Waals surface area contributed by atoms with Crippen LogP contribution in [0.1, 0.15) is 5.56 Å². The van der Waals surface area contributed by atoms with E-state index in [1.807, 2.05) is 43.3 Å². The highest BCUT2D eigenvalue weighted by molar-refractivity contribution is 9.10. The fraction of sp³-hybridized carbons (Fsp3) is 0.0667. The summed E-state index contributed by atoms with van der Waals surface area (Å²) in [7, 11) is 0. The summed E-state index contributed by atoms with van der Waals surface area (Å²) < 4.78 is 1.52. The molecule has 0 fully saturated rings. The summed E-state index contributed by atoms with van der Waals surface area (Å²) in [6.45, 7) is 1.93. The normalized spacial score (nSPS) is 10.8. The summed E-state index contributed by atoms with van der Waals surface area (Å²) in [5.74, 6) is 1.08. The Hall–Kier alpha value is -1.43. The van der Waals surface area contributed by atoms with Crippen LogP contribution in [0.3, 0.4) is 0 Å². The summed E-state index contributed by atoms with van der Waals surface area (Å²) in [6.07, 6.45) is 0. The van der Waals surface area contributed by atoms with Crippen LogP contribution in [0.2, 0.25) is 4.34 Å². The molecule has 0 spiro atoms. The number of benzene rings is 1. The van der Waals surface area contributed by atoms with Crippen molar-refractivity contribution >= 4 is 44.7 Å². The Balaban J connectivity index is 2.18. The van der Waals surface area contributed by atoms with E-state index in [9.17, 15) is 0 Å². The molecule has 3 aromatic rings. The average Bonchev–Trinajstić information content (AvgIpc) is 2.82. The lowest BCUT2D eigenvalue weighted by Crippen LogP contribution is -2.01. The van der Waals surface area contributed by atoms with Crippen molar-refractivity contribution < 1.29 is 0 Å². The van der Waals surface area contributed by atoms with Crippen LogP contribution in [-0.2, 0) is 0 Å². The highest BCUT2D eigenvalue weighted by Gasteiger charge is 2.14. The molecule has 0 bridgehead atoms. The van der Waals surface area contributed by atoms with Gasteiger partial charge in [0.2, 0.25) is 0 Å². The fourth-order valence-electron chi connectivity index (χ4n) is 1.98. The summed E-state index contributed by atoms with van der Waals surface area (Å²) in [5, 5.41) is 0. The standard InChI is InChI=1S/C15H11BrClN3S/c1-8-12(9-5-3-2-4-6-9)19-15(20-14(8)18)11-7-10(16)13(17)21-11/h2-7H,1H3,(H2,18,19,20). The van der Waals surface area contributed by atoms with E-state index >= 15 is 0 Å². The zero-order valence-corrected chi connectivity index (χ0v) is 14.3. The lowest BCUT2D eigenvalue weighted by Gasteiger charge is -2.09. The number of hydrogen-bond acceptors (Lipinski definition) is 4. The van der Waals surface area contributed by atoms with Gasteiger partial charge in [-0.05, 0) is 28.9 Å². The van der Waals surface area contributed by atoms with Crippen molar-refractivity contribution in [3.63, 3.8) is 0 Å². The van der Waals surface area contributed by atoms with Gasteiger partial charge in [0.1, 0.15) is 10.2 Å². The molecule has 3 nitrogen and oxygen atoms in total. The monoisotopic (exact) mass is 379 g/mol. The van der Waals surface area contributed by atoms with Crippen molar-refractivity contribution in [2.45, 2.75) is 6.92 Å². The molecule has 2 heterocycles. The molecule has 0 aliphatic rings. The van der Waals surface area contributed by atoms with Crippen molar-refractivity contribution in [2.24, 2.45) is 0 Å². The van der Waals surface area contributed by atoms with E-state index in [-0.39, 0.29) is 0 Å². The SMILES string of the molecule is Cc1c(N)nc(-c2cc(Br)c(Cl)s2)nc1-c1ccccc1. The zero-order chi connectivity index (χ0) is 15.0. The van der Waals surface area contributed by atoms with E-state index in [0.717, 1.165) is 26.2 Å². The van der Waals surface area contributed by atoms with Crippen LogP contribution in [0.15, 0.2) is 40.9 Å². The van der Waals surface area contributed by atoms with Gasteiger partial charge >= 0.3 is 0 Å². The number of thiophene rings is 1. The minimum Gasteiger partial charge on any atom is -0.383 e. The van der Waals surface area contributed by atoms with Crippen molar-refractivity contribution in [3.8, 4) is 22.0 Å². The summed E-state index contributed by atoms with van der Waals surface area (Å²) in [4.78, 5) is 9.93. The van der Waals surface area contributed by atoms with Gasteiger partial charge in [-0.1, -0.05) is 41.9 Å². The zero-order valence-electron chi connectivity index (χ0n) is 11.1. The molecule has 6 heteroatoms. The molecule has 0 saturated heterocycles. The number of nitrogens with two attached hydrogens (primary N) is 1. The number of hydrogen-bond donors (Lipinski definition) is 1. The van der Waals surface area contributed by atoms with E-state index in [0.29, 0.717) is 16.0 Å². The van der Waals surface area contributed by atoms with E-state index in [2.05, 4.69) is 25.9 Å². The number of rotatable bonds is 2. The van der Waals surface area contributed by atoms with Gasteiger partial charge < -0.3 is 5.73 Å². The van der Waals surface area contributed by atoms with Crippen molar-refractivity contribution in [1.29, 1.82) is 0 Å². The molecule has 0 saturated carbocycles. The maximum Gasteiger partial charge on any atom is 0.172 e. The number of halogens is 2. The van der Waals surface area contributed by atoms with Gasteiger partial charge in [0, 0.05) is 15.6 Å². The molecule has 0 aliphatic heterocycles. The second-order valence-corrected chi connectivity index (χ2v) is 7.01. The van der Waals surface area contributed by atoms with Crippen LogP contribution < -0.4 is 5.73 Å². The van der Waals surface area contributed by atoms with Gasteiger partial charge in [0.25, 0.3) is 0 Å². The van der Waals surface area contributed by atoms with E-state index in [4.69, 9.17) is 17.3 Å². The third-order valence-electron chi connectivity index (χ3n) is 3.10. The predicted octanol–water partition coefficient (Wildman–Crippen LogP) is 5.18. The topological polar surface area (TPSA) is 51.8 Å². The van der Waals surface area contributed by atoms with Crippen molar-refractivity contribution in [1.82, 2.24) is 9.97 Å². The Morgan fingerprint density at radius 1 is 1.19 bits per heavy atom. The molecule has 0 aliphatic carbocycles. The van der Waals surface area contributed by atoms with Crippen molar-refractivity contribution in [2.75, 3.05) is 5.73 Å². The summed E-state index contributed by atoms with van der Waals surface area (Å²) >= 11 is 10.9. The third kappa shape index (κ3) is 2.81. The maximum atomic E-state index is 6.09. The Morgan fingerprint density at radius 3 is 2.52 bits per heavy atom. The average molecular weight is 381 g/mol. The molecule has 0 atom stereocenters. The first-order valence-electron chi connectivity index (χ1n) is 6.21. The Bertz CT molecular complexity index is 783. The molecule has 0 radical (unpaired) electrons. The van der Waals surface area contributed by atoms with E-state index in [1.165, 1.54) is 11.3 Å². The number of anilines is 1. The minimum absolute atomic E-state index is 0.486. The first-order valence-corrected chi connectivity index (χ1v) is 8.19. The van der Waals surface area contributed by atoms with Gasteiger partial charge in [-0.2, -0.15) is 0 Å². The smallest absolute Gasteiger partial charge is 0.172 e. The van der Waals surface area contributed by atoms with Crippen molar-refractivity contribution in [3.05, 3.63) is 50.8 Å². The number of nitrogens with zero attached hydrogens (tertiary/aromatic N) is 2. The molecule has 2 aromatic heterocycles. The molecule has 21 heavy (non-hydrogen) atoms. The van der Waals surface area contributed by atoms with Crippen LogP contribution in [0.25, 0.3) is 22.0 Å². The molecule has 0 unspecified atom stereocenters. The van der Waals surface area contributed by atoms with Gasteiger partial charge in [-0.25, -0.2) is 9.97 Å². The van der Waals surface area contributed by atoms with E-state index < -0.39 is 0 Å². The van der Waals surface area contributed by atoms with Crippen LogP contribution in [0.5, 0.6) is 0 Å². The largest absolute Gasteiger partial charge is 0.383 e. The Labute approximate surface area is 140 Å². The molecule has 1 aromatic carbocycles. The summed E-state index contributed by atoms with van der Waals surface area (Å²) in [5.41, 5.74) is 8.80. The Morgan fingerprint density at radius 2 is 1.90 bits per heavy atom. The summed E-state index contributed by atoms with van der Waals surface area (Å²) in [6, 6.07) is 11.9. The molecular formula is C15H11BrClN3S. The second kappa shape index (κ2) is 5.75. The molecule has 106 valence electrons.